The van der Waals surface area contributed by atoms with Crippen molar-refractivity contribution in [2.24, 2.45) is 0 Å². The van der Waals surface area contributed by atoms with Gasteiger partial charge in [-0.1, -0.05) is 19.8 Å². The normalized spacial score (nSPS) is 23.4. The minimum absolute atomic E-state index is 0.0636. The van der Waals surface area contributed by atoms with Gasteiger partial charge < -0.3 is 10.2 Å². The van der Waals surface area contributed by atoms with E-state index in [2.05, 4.69) is 17.1 Å². The molecule has 5 rings (SSSR count). The maximum absolute atomic E-state index is 13.2. The molecule has 5 aliphatic rings. The number of hydrogen-bond donors (Lipinski definition) is 1. The molecule has 0 aromatic carbocycles. The molecule has 0 radical (unpaired) electrons. The van der Waals surface area contributed by atoms with E-state index in [1.165, 1.54) is 51.6 Å². The van der Waals surface area contributed by atoms with Crippen LogP contribution in [0.25, 0.3) is 11.5 Å². The Hall–Kier alpha value is -1.89. The molecule has 1 unspecified atom stereocenters. The first-order chi connectivity index (χ1) is 13.2. The van der Waals surface area contributed by atoms with Gasteiger partial charge in [-0.2, -0.15) is 0 Å². The lowest BCUT2D eigenvalue weighted by Crippen LogP contribution is -2.35. The molecule has 0 amide bonds. The van der Waals surface area contributed by atoms with Crippen molar-refractivity contribution >= 4 is 5.82 Å². The minimum Gasteiger partial charge on any atom is -0.364 e. The van der Waals surface area contributed by atoms with Gasteiger partial charge in [0, 0.05) is 19.0 Å². The average Bonchev–Trinajstić information content (AvgIpc) is 3.44. The van der Waals surface area contributed by atoms with E-state index in [1.807, 2.05) is 9.13 Å². The Kier molecular flexibility index (Phi) is 4.42. The molecule has 1 saturated heterocycles. The Morgan fingerprint density at radius 3 is 2.63 bits per heavy atom. The van der Waals surface area contributed by atoms with Gasteiger partial charge in [-0.05, 0) is 45.2 Å². The lowest BCUT2D eigenvalue weighted by molar-refractivity contribution is 0.316. The molecule has 1 aliphatic carbocycles. The third kappa shape index (κ3) is 2.96. The first-order valence-corrected chi connectivity index (χ1v) is 10.7. The van der Waals surface area contributed by atoms with E-state index < -0.39 is 0 Å². The Morgan fingerprint density at radius 1 is 1.11 bits per heavy atom. The number of likely N-dealkylation sites (tertiary alicyclic amines) is 1. The Morgan fingerprint density at radius 2 is 1.89 bits per heavy atom. The quantitative estimate of drug-likeness (QED) is 0.876. The highest BCUT2D eigenvalue weighted by molar-refractivity contribution is 5.70. The summed E-state index contributed by atoms with van der Waals surface area (Å²) in [5.74, 6) is 3.09. The van der Waals surface area contributed by atoms with Gasteiger partial charge in [-0.15, -0.1) is 0 Å². The van der Waals surface area contributed by atoms with Crippen molar-refractivity contribution in [3.63, 3.8) is 0 Å². The fourth-order valence-corrected chi connectivity index (χ4v) is 5.10. The van der Waals surface area contributed by atoms with E-state index >= 15 is 0 Å². The second-order valence-corrected chi connectivity index (χ2v) is 8.48. The summed E-state index contributed by atoms with van der Waals surface area (Å²) in [5.41, 5.74) is 0.961. The summed E-state index contributed by atoms with van der Waals surface area (Å²) in [6.07, 6.45) is 8.38. The molecule has 0 aromatic rings. The lowest BCUT2D eigenvalue weighted by Gasteiger charge is -2.19. The zero-order valence-corrected chi connectivity index (χ0v) is 16.3. The Labute approximate surface area is 160 Å². The van der Waals surface area contributed by atoms with E-state index in [4.69, 9.17) is 9.97 Å². The first-order valence-electron chi connectivity index (χ1n) is 10.7. The topological polar surface area (TPSA) is 68.0 Å². The fourth-order valence-electron chi connectivity index (χ4n) is 5.10. The number of fused-ring (bicyclic) bond motifs is 3. The molecule has 7 heteroatoms. The maximum atomic E-state index is 13.2. The van der Waals surface area contributed by atoms with Gasteiger partial charge in [0.05, 0.1) is 12.6 Å². The number of imidazole rings is 1. The van der Waals surface area contributed by atoms with Gasteiger partial charge in [0.25, 0.3) is 0 Å². The number of hydrogen-bond acceptors (Lipinski definition) is 5. The van der Waals surface area contributed by atoms with Crippen molar-refractivity contribution in [2.45, 2.75) is 76.9 Å². The van der Waals surface area contributed by atoms with Crippen LogP contribution in [0.1, 0.15) is 63.6 Å². The van der Waals surface area contributed by atoms with Crippen LogP contribution in [0.3, 0.4) is 0 Å². The van der Waals surface area contributed by atoms with Crippen LogP contribution in [-0.4, -0.2) is 49.7 Å². The zero-order chi connectivity index (χ0) is 18.4. The van der Waals surface area contributed by atoms with E-state index in [0.29, 0.717) is 12.5 Å². The van der Waals surface area contributed by atoms with Crippen LogP contribution in [0.4, 0.5) is 5.82 Å². The van der Waals surface area contributed by atoms with Crippen molar-refractivity contribution in [1.82, 2.24) is 24.0 Å². The van der Waals surface area contributed by atoms with Crippen LogP contribution >= 0.6 is 0 Å². The molecule has 4 aliphatic heterocycles. The number of nitrogens with one attached hydrogen (secondary N) is 1. The van der Waals surface area contributed by atoms with Gasteiger partial charge in [-0.25, -0.2) is 14.8 Å². The van der Waals surface area contributed by atoms with Crippen molar-refractivity contribution < 1.29 is 0 Å². The molecule has 1 atom stereocenters. The Balaban J connectivity index is 1.53. The SMILES string of the molecule is CCCn1c2nc(C3CCCC3)nc-2c2n(c1=O)CC(CN1CCCC1)N2. The number of nitrogens with zero attached hydrogens (tertiary/aromatic N) is 5. The van der Waals surface area contributed by atoms with E-state index in [-0.39, 0.29) is 11.7 Å². The van der Waals surface area contributed by atoms with Crippen LogP contribution in [0.15, 0.2) is 4.79 Å². The van der Waals surface area contributed by atoms with Gasteiger partial charge in [0.2, 0.25) is 0 Å². The zero-order valence-electron chi connectivity index (χ0n) is 16.3. The minimum atomic E-state index is 0.0636. The molecule has 0 aromatic heterocycles. The second kappa shape index (κ2) is 6.93. The largest absolute Gasteiger partial charge is 0.364 e. The Bertz CT molecular complexity index is 843. The summed E-state index contributed by atoms with van der Waals surface area (Å²) in [6.45, 7) is 6.90. The third-order valence-electron chi connectivity index (χ3n) is 6.46. The third-order valence-corrected chi connectivity index (χ3v) is 6.46. The highest BCUT2D eigenvalue weighted by Gasteiger charge is 2.34. The van der Waals surface area contributed by atoms with Gasteiger partial charge in [0.15, 0.2) is 5.82 Å². The molecule has 0 bridgehead atoms. The van der Waals surface area contributed by atoms with Crippen LogP contribution < -0.4 is 11.0 Å². The number of aromatic nitrogens is 4. The predicted molar refractivity (Wildman–Crippen MR) is 105 cm³/mol. The van der Waals surface area contributed by atoms with Crippen molar-refractivity contribution in [3.05, 3.63) is 16.3 Å². The van der Waals surface area contributed by atoms with Crippen molar-refractivity contribution in [3.8, 4) is 11.5 Å². The summed E-state index contributed by atoms with van der Waals surface area (Å²) < 4.78 is 3.76. The summed E-state index contributed by atoms with van der Waals surface area (Å²) in [4.78, 5) is 25.5. The number of rotatable bonds is 5. The molecule has 1 N–H and O–H groups in total. The highest BCUT2D eigenvalue weighted by Crippen LogP contribution is 2.37. The van der Waals surface area contributed by atoms with Gasteiger partial charge in [-0.3, -0.25) is 9.13 Å². The predicted octanol–water partition coefficient (Wildman–Crippen LogP) is 2.50. The monoisotopic (exact) mass is 370 g/mol. The van der Waals surface area contributed by atoms with Crippen LogP contribution in [0.2, 0.25) is 0 Å². The summed E-state index contributed by atoms with van der Waals surface area (Å²) in [7, 11) is 0. The molecule has 7 nitrogen and oxygen atoms in total. The molecular formula is C20H30N6O. The van der Waals surface area contributed by atoms with Gasteiger partial charge >= 0.3 is 5.69 Å². The molecule has 27 heavy (non-hydrogen) atoms. The van der Waals surface area contributed by atoms with E-state index in [1.54, 1.807) is 0 Å². The summed E-state index contributed by atoms with van der Waals surface area (Å²) in [6, 6.07) is 0.281. The smallest absolute Gasteiger partial charge is 0.331 e. The van der Waals surface area contributed by atoms with Crippen LogP contribution in [-0.2, 0) is 13.1 Å². The average molecular weight is 371 g/mol. The van der Waals surface area contributed by atoms with E-state index in [0.717, 1.165) is 42.7 Å². The fraction of sp³-hybridized carbons (Fsp3) is 0.750. The molecule has 4 heterocycles. The second-order valence-electron chi connectivity index (χ2n) is 8.48. The molecular weight excluding hydrogens is 340 g/mol. The summed E-state index contributed by atoms with van der Waals surface area (Å²) in [5, 5.41) is 3.62. The standard InChI is InChI=1S/C20H30N6O/c1-2-9-25-19-16(22-17(23-19)14-7-3-4-8-14)18-21-15(13-26(18)20(25)27)12-24-10-5-6-11-24/h14-15,21H,2-13H2,1H3. The molecule has 2 fully saturated rings. The molecule has 1 saturated carbocycles. The van der Waals surface area contributed by atoms with Crippen molar-refractivity contribution in [1.29, 1.82) is 0 Å². The maximum Gasteiger partial charge on any atom is 0.331 e. The summed E-state index contributed by atoms with van der Waals surface area (Å²) >= 11 is 0. The van der Waals surface area contributed by atoms with Crippen molar-refractivity contribution in [2.75, 3.05) is 25.0 Å². The van der Waals surface area contributed by atoms with Crippen LogP contribution in [0, 0.1) is 0 Å². The number of anilines is 1. The highest BCUT2D eigenvalue weighted by atomic mass is 16.1. The lowest BCUT2D eigenvalue weighted by atomic mass is 10.1. The van der Waals surface area contributed by atoms with Gasteiger partial charge in [0.1, 0.15) is 17.3 Å². The molecule has 146 valence electrons. The first kappa shape index (κ1) is 17.2. The van der Waals surface area contributed by atoms with Crippen LogP contribution in [0.5, 0.6) is 0 Å². The molecule has 0 spiro atoms. The van der Waals surface area contributed by atoms with E-state index in [9.17, 15) is 4.79 Å².